The molecule has 2 N–H and O–H groups in total. The summed E-state index contributed by atoms with van der Waals surface area (Å²) in [5, 5.41) is 6.60. The third kappa shape index (κ3) is 7.58. The van der Waals surface area contributed by atoms with Crippen LogP contribution in [0.2, 0.25) is 0 Å². The minimum Gasteiger partial charge on any atom is -0.477 e. The Kier molecular flexibility index (Phi) is 9.82. The van der Waals surface area contributed by atoms with Crippen LogP contribution in [0.5, 0.6) is 5.88 Å². The van der Waals surface area contributed by atoms with Crippen molar-refractivity contribution >= 4 is 5.96 Å². The number of pyridine rings is 1. The summed E-state index contributed by atoms with van der Waals surface area (Å²) in [5.41, 5.74) is 1.02. The van der Waals surface area contributed by atoms with Crippen LogP contribution in [-0.2, 0) is 16.0 Å². The maximum absolute atomic E-state index is 5.71. The van der Waals surface area contributed by atoms with Gasteiger partial charge < -0.3 is 24.8 Å². The molecule has 0 spiro atoms. The van der Waals surface area contributed by atoms with Crippen LogP contribution < -0.4 is 15.4 Å². The van der Waals surface area contributed by atoms with E-state index in [0.717, 1.165) is 63.8 Å². The van der Waals surface area contributed by atoms with Crippen LogP contribution in [-0.4, -0.2) is 57.6 Å². The molecular weight excluding hydrogens is 332 g/mol. The number of guanidine groups is 1. The Bertz CT molecular complexity index is 533. The largest absolute Gasteiger partial charge is 0.477 e. The van der Waals surface area contributed by atoms with Gasteiger partial charge in [0.15, 0.2) is 5.96 Å². The highest BCUT2D eigenvalue weighted by Gasteiger charge is 2.15. The molecule has 1 saturated heterocycles. The van der Waals surface area contributed by atoms with Crippen molar-refractivity contribution in [1.82, 2.24) is 15.6 Å². The van der Waals surface area contributed by atoms with E-state index in [0.29, 0.717) is 24.9 Å². The molecule has 2 heterocycles. The molecule has 146 valence electrons. The van der Waals surface area contributed by atoms with Crippen LogP contribution in [0.1, 0.15) is 31.7 Å². The van der Waals surface area contributed by atoms with Crippen molar-refractivity contribution in [3.05, 3.63) is 23.9 Å². The number of rotatable bonds is 11. The lowest BCUT2D eigenvalue weighted by atomic mass is 10.1. The molecular formula is C19H32N4O3. The normalized spacial score (nSPS) is 17.3. The molecule has 1 unspecified atom stereocenters. The van der Waals surface area contributed by atoms with Gasteiger partial charge in [0.05, 0.1) is 19.8 Å². The predicted octanol–water partition coefficient (Wildman–Crippen LogP) is 1.98. The van der Waals surface area contributed by atoms with E-state index in [4.69, 9.17) is 14.2 Å². The summed E-state index contributed by atoms with van der Waals surface area (Å²) in [6, 6.07) is 3.93. The topological polar surface area (TPSA) is 77.0 Å². The first-order valence-corrected chi connectivity index (χ1v) is 9.50. The van der Waals surface area contributed by atoms with Crippen molar-refractivity contribution in [2.24, 2.45) is 10.9 Å². The number of hydrogen-bond acceptors (Lipinski definition) is 5. The van der Waals surface area contributed by atoms with E-state index in [-0.39, 0.29) is 0 Å². The fraction of sp³-hybridized carbons (Fsp3) is 0.684. The van der Waals surface area contributed by atoms with Gasteiger partial charge in [-0.2, -0.15) is 0 Å². The molecule has 0 aromatic carbocycles. The second-order valence-electron chi connectivity index (χ2n) is 6.33. The van der Waals surface area contributed by atoms with E-state index >= 15 is 0 Å². The second-order valence-corrected chi connectivity index (χ2v) is 6.33. The van der Waals surface area contributed by atoms with Gasteiger partial charge in [-0.1, -0.05) is 13.0 Å². The number of nitrogens with one attached hydrogen (secondary N) is 2. The zero-order chi connectivity index (χ0) is 18.5. The molecule has 0 aliphatic carbocycles. The van der Waals surface area contributed by atoms with Crippen molar-refractivity contribution in [3.8, 4) is 5.88 Å². The maximum atomic E-state index is 5.71. The molecule has 1 aromatic heterocycles. The van der Waals surface area contributed by atoms with Crippen LogP contribution in [0.25, 0.3) is 0 Å². The quantitative estimate of drug-likeness (QED) is 0.355. The molecule has 7 heteroatoms. The lowest BCUT2D eigenvalue weighted by Crippen LogP contribution is -2.37. The lowest BCUT2D eigenvalue weighted by molar-refractivity contribution is 0.0888. The van der Waals surface area contributed by atoms with E-state index < -0.39 is 0 Å². The van der Waals surface area contributed by atoms with E-state index in [1.807, 2.05) is 12.1 Å². The maximum Gasteiger partial charge on any atom is 0.218 e. The van der Waals surface area contributed by atoms with Gasteiger partial charge in [-0.15, -0.1) is 0 Å². The highest BCUT2D eigenvalue weighted by Crippen LogP contribution is 2.14. The SMILES string of the molecule is CCCOc1ncccc1CNC(=NC)NCCCOCC1CCOC1. The number of ether oxygens (including phenoxy) is 3. The summed E-state index contributed by atoms with van der Waals surface area (Å²) in [7, 11) is 1.77. The van der Waals surface area contributed by atoms with Crippen LogP contribution in [0.4, 0.5) is 0 Å². The van der Waals surface area contributed by atoms with Crippen LogP contribution in [0.15, 0.2) is 23.3 Å². The third-order valence-corrected chi connectivity index (χ3v) is 4.10. The Balaban J connectivity index is 1.61. The minimum atomic E-state index is 0.570. The van der Waals surface area contributed by atoms with E-state index in [1.165, 1.54) is 0 Å². The molecule has 0 saturated carbocycles. The van der Waals surface area contributed by atoms with Crippen molar-refractivity contribution in [2.75, 3.05) is 46.6 Å². The van der Waals surface area contributed by atoms with Gasteiger partial charge in [-0.05, 0) is 25.3 Å². The summed E-state index contributed by atoms with van der Waals surface area (Å²) in [5.74, 6) is 2.02. The summed E-state index contributed by atoms with van der Waals surface area (Å²) in [6.45, 7) is 7.44. The Labute approximate surface area is 156 Å². The molecule has 0 radical (unpaired) electrons. The van der Waals surface area contributed by atoms with E-state index in [2.05, 4.69) is 27.5 Å². The van der Waals surface area contributed by atoms with E-state index in [1.54, 1.807) is 13.2 Å². The summed E-state index contributed by atoms with van der Waals surface area (Å²) in [4.78, 5) is 8.55. The molecule has 0 bridgehead atoms. The Morgan fingerprint density at radius 2 is 2.31 bits per heavy atom. The molecule has 7 nitrogen and oxygen atoms in total. The van der Waals surface area contributed by atoms with Gasteiger partial charge in [-0.25, -0.2) is 4.98 Å². The fourth-order valence-electron chi connectivity index (χ4n) is 2.63. The van der Waals surface area contributed by atoms with Gasteiger partial charge in [0.1, 0.15) is 0 Å². The summed E-state index contributed by atoms with van der Waals surface area (Å²) >= 11 is 0. The first-order valence-electron chi connectivity index (χ1n) is 9.50. The zero-order valence-electron chi connectivity index (χ0n) is 16.0. The predicted molar refractivity (Wildman–Crippen MR) is 103 cm³/mol. The van der Waals surface area contributed by atoms with Gasteiger partial charge in [0, 0.05) is 51.0 Å². The average molecular weight is 364 g/mol. The standard InChI is InChI=1S/C19H32N4O3/c1-3-10-26-18-17(6-4-8-21-18)13-23-19(20-2)22-9-5-11-24-14-16-7-12-25-15-16/h4,6,8,16H,3,5,7,9-15H2,1-2H3,(H2,20,22,23). The first-order chi connectivity index (χ1) is 12.8. The van der Waals surface area contributed by atoms with Crippen LogP contribution >= 0.6 is 0 Å². The van der Waals surface area contributed by atoms with Crippen molar-refractivity contribution in [3.63, 3.8) is 0 Å². The zero-order valence-corrected chi connectivity index (χ0v) is 16.0. The number of hydrogen-bond donors (Lipinski definition) is 2. The van der Waals surface area contributed by atoms with E-state index in [9.17, 15) is 0 Å². The molecule has 1 aliphatic rings. The summed E-state index contributed by atoms with van der Waals surface area (Å²) < 4.78 is 16.7. The molecule has 2 rings (SSSR count). The van der Waals surface area contributed by atoms with Gasteiger partial charge in [0.25, 0.3) is 0 Å². The molecule has 1 atom stereocenters. The fourth-order valence-corrected chi connectivity index (χ4v) is 2.63. The second kappa shape index (κ2) is 12.5. The minimum absolute atomic E-state index is 0.570. The molecule has 1 fully saturated rings. The number of aliphatic imine (C=N–C) groups is 1. The molecule has 0 amide bonds. The average Bonchev–Trinajstić information content (AvgIpc) is 3.19. The summed E-state index contributed by atoms with van der Waals surface area (Å²) in [6.07, 6.45) is 4.76. The van der Waals surface area contributed by atoms with Crippen molar-refractivity contribution in [2.45, 2.75) is 32.7 Å². The number of aromatic nitrogens is 1. The Hall–Kier alpha value is -1.86. The van der Waals surface area contributed by atoms with Crippen LogP contribution in [0.3, 0.4) is 0 Å². The highest BCUT2D eigenvalue weighted by molar-refractivity contribution is 5.79. The third-order valence-electron chi connectivity index (χ3n) is 4.10. The highest BCUT2D eigenvalue weighted by atomic mass is 16.5. The van der Waals surface area contributed by atoms with Crippen LogP contribution in [0, 0.1) is 5.92 Å². The number of nitrogens with zero attached hydrogens (tertiary/aromatic N) is 2. The van der Waals surface area contributed by atoms with Gasteiger partial charge >= 0.3 is 0 Å². The monoisotopic (exact) mass is 364 g/mol. The lowest BCUT2D eigenvalue weighted by Gasteiger charge is -2.14. The molecule has 1 aromatic rings. The smallest absolute Gasteiger partial charge is 0.218 e. The van der Waals surface area contributed by atoms with Crippen molar-refractivity contribution < 1.29 is 14.2 Å². The Morgan fingerprint density at radius 3 is 3.08 bits per heavy atom. The van der Waals surface area contributed by atoms with Crippen molar-refractivity contribution in [1.29, 1.82) is 0 Å². The van der Waals surface area contributed by atoms with Gasteiger partial charge in [0.2, 0.25) is 5.88 Å². The molecule has 26 heavy (non-hydrogen) atoms. The first kappa shape index (κ1) is 20.5. The molecule has 1 aliphatic heterocycles. The Morgan fingerprint density at radius 1 is 1.38 bits per heavy atom. The van der Waals surface area contributed by atoms with Gasteiger partial charge in [-0.3, -0.25) is 4.99 Å².